The first kappa shape index (κ1) is 11.0. The van der Waals surface area contributed by atoms with Gasteiger partial charge in [-0.15, -0.1) is 11.6 Å². The van der Waals surface area contributed by atoms with Crippen molar-refractivity contribution in [1.82, 2.24) is 5.32 Å². The molecule has 0 saturated heterocycles. The van der Waals surface area contributed by atoms with Gasteiger partial charge in [0.25, 0.3) is 0 Å². The first-order chi connectivity index (χ1) is 6.24. The topological polar surface area (TPSA) is 12.0 Å². The maximum Gasteiger partial charge on any atom is 0.0374 e. The van der Waals surface area contributed by atoms with Gasteiger partial charge in [0.05, 0.1) is 0 Å². The van der Waals surface area contributed by atoms with Crippen LogP contribution in [0, 0.1) is 0 Å². The molecule has 1 rings (SSSR count). The van der Waals surface area contributed by atoms with Crippen LogP contribution >= 0.6 is 27.5 Å². The quantitative estimate of drug-likeness (QED) is 0.822. The molecule has 1 nitrogen and oxygen atoms in total. The van der Waals surface area contributed by atoms with Crippen molar-refractivity contribution >= 4 is 27.5 Å². The van der Waals surface area contributed by atoms with Crippen LogP contribution in [-0.4, -0.2) is 11.9 Å². The van der Waals surface area contributed by atoms with Crippen LogP contribution in [0.2, 0.25) is 0 Å². The van der Waals surface area contributed by atoms with Gasteiger partial charge in [-0.25, -0.2) is 0 Å². The van der Waals surface area contributed by atoms with Crippen molar-refractivity contribution in [3.63, 3.8) is 0 Å². The van der Waals surface area contributed by atoms with Gasteiger partial charge in [0.1, 0.15) is 0 Å². The molecule has 3 heteroatoms. The molecule has 0 fully saturated rings. The van der Waals surface area contributed by atoms with E-state index in [0.29, 0.717) is 11.9 Å². The molecular formula is C10H13BrClN. The number of hydrogen-bond donors (Lipinski definition) is 1. The van der Waals surface area contributed by atoms with Crippen LogP contribution in [-0.2, 0) is 6.54 Å². The van der Waals surface area contributed by atoms with Gasteiger partial charge in [0, 0.05) is 22.9 Å². The monoisotopic (exact) mass is 261 g/mol. The highest BCUT2D eigenvalue weighted by atomic mass is 79.9. The van der Waals surface area contributed by atoms with Crippen molar-refractivity contribution in [2.24, 2.45) is 0 Å². The first-order valence-corrected chi connectivity index (χ1v) is 5.59. The molecule has 0 aliphatic carbocycles. The second-order valence-corrected chi connectivity index (χ2v) is 4.19. The summed E-state index contributed by atoms with van der Waals surface area (Å²) in [6, 6.07) is 8.54. The Balaban J connectivity index is 2.50. The lowest BCUT2D eigenvalue weighted by molar-refractivity contribution is 0.592. The predicted molar refractivity (Wildman–Crippen MR) is 61.2 cm³/mol. The lowest BCUT2D eigenvalue weighted by Gasteiger charge is -2.11. The van der Waals surface area contributed by atoms with Gasteiger partial charge in [-0.2, -0.15) is 0 Å². The summed E-state index contributed by atoms with van der Waals surface area (Å²) in [6.07, 6.45) is 0. The van der Waals surface area contributed by atoms with Crippen LogP contribution in [0.1, 0.15) is 12.5 Å². The summed E-state index contributed by atoms with van der Waals surface area (Å²) in [5.41, 5.74) is 1.26. The highest BCUT2D eigenvalue weighted by Crippen LogP contribution is 2.15. The van der Waals surface area contributed by atoms with Crippen LogP contribution in [0.25, 0.3) is 0 Å². The SMILES string of the molecule is CC(CCl)NCc1ccccc1Br. The number of alkyl halides is 1. The zero-order valence-electron chi connectivity index (χ0n) is 7.56. The maximum absolute atomic E-state index is 5.68. The number of benzene rings is 1. The molecule has 0 aliphatic heterocycles. The van der Waals surface area contributed by atoms with Crippen LogP contribution in [0.3, 0.4) is 0 Å². The lowest BCUT2D eigenvalue weighted by atomic mass is 10.2. The average Bonchev–Trinajstić information content (AvgIpc) is 2.16. The molecule has 13 heavy (non-hydrogen) atoms. The molecule has 0 radical (unpaired) electrons. The van der Waals surface area contributed by atoms with Gasteiger partial charge >= 0.3 is 0 Å². The van der Waals surface area contributed by atoms with Crippen molar-refractivity contribution in [3.05, 3.63) is 34.3 Å². The molecule has 1 unspecified atom stereocenters. The lowest BCUT2D eigenvalue weighted by Crippen LogP contribution is -2.26. The molecule has 1 N–H and O–H groups in total. The summed E-state index contributed by atoms with van der Waals surface area (Å²) in [6.45, 7) is 2.93. The zero-order valence-corrected chi connectivity index (χ0v) is 9.90. The van der Waals surface area contributed by atoms with E-state index in [0.717, 1.165) is 11.0 Å². The van der Waals surface area contributed by atoms with Crippen molar-refractivity contribution in [2.45, 2.75) is 19.5 Å². The van der Waals surface area contributed by atoms with Gasteiger partial charge < -0.3 is 5.32 Å². The van der Waals surface area contributed by atoms with Crippen LogP contribution in [0.5, 0.6) is 0 Å². The Bertz CT molecular complexity index is 265. The molecule has 1 aromatic carbocycles. The Morgan fingerprint density at radius 3 is 2.77 bits per heavy atom. The fourth-order valence-corrected chi connectivity index (χ4v) is 1.51. The van der Waals surface area contributed by atoms with Gasteiger partial charge in [-0.1, -0.05) is 34.1 Å². The van der Waals surface area contributed by atoms with Crippen molar-refractivity contribution in [3.8, 4) is 0 Å². The highest BCUT2D eigenvalue weighted by molar-refractivity contribution is 9.10. The Morgan fingerprint density at radius 1 is 1.46 bits per heavy atom. The number of nitrogens with one attached hydrogen (secondary N) is 1. The van der Waals surface area contributed by atoms with Crippen molar-refractivity contribution in [2.75, 3.05) is 5.88 Å². The molecule has 72 valence electrons. The molecule has 1 atom stereocenters. The molecular weight excluding hydrogens is 249 g/mol. The van der Waals surface area contributed by atoms with E-state index in [1.54, 1.807) is 0 Å². The Morgan fingerprint density at radius 2 is 2.15 bits per heavy atom. The van der Waals surface area contributed by atoms with E-state index in [1.165, 1.54) is 5.56 Å². The Kier molecular flexibility index (Phi) is 4.78. The summed E-state index contributed by atoms with van der Waals surface area (Å²) >= 11 is 9.18. The second kappa shape index (κ2) is 5.63. The number of hydrogen-bond acceptors (Lipinski definition) is 1. The molecule has 0 aliphatic rings. The minimum absolute atomic E-state index is 0.355. The zero-order chi connectivity index (χ0) is 9.68. The Labute approximate surface area is 92.6 Å². The van der Waals surface area contributed by atoms with Crippen LogP contribution < -0.4 is 5.32 Å². The summed E-state index contributed by atoms with van der Waals surface area (Å²) in [7, 11) is 0. The van der Waals surface area contributed by atoms with Gasteiger partial charge in [-0.05, 0) is 18.6 Å². The van der Waals surface area contributed by atoms with E-state index in [1.807, 2.05) is 18.2 Å². The first-order valence-electron chi connectivity index (χ1n) is 4.26. The van der Waals surface area contributed by atoms with Gasteiger partial charge in [-0.3, -0.25) is 0 Å². The van der Waals surface area contributed by atoms with Crippen LogP contribution in [0.15, 0.2) is 28.7 Å². The van der Waals surface area contributed by atoms with E-state index in [4.69, 9.17) is 11.6 Å². The second-order valence-electron chi connectivity index (χ2n) is 3.03. The summed E-state index contributed by atoms with van der Waals surface area (Å²) in [5, 5.41) is 3.33. The number of halogens is 2. The summed E-state index contributed by atoms with van der Waals surface area (Å²) < 4.78 is 1.14. The maximum atomic E-state index is 5.68. The van der Waals surface area contributed by atoms with E-state index in [2.05, 4.69) is 34.2 Å². The van der Waals surface area contributed by atoms with E-state index in [9.17, 15) is 0 Å². The molecule has 0 spiro atoms. The Hall–Kier alpha value is -0.0500. The molecule has 0 aromatic heterocycles. The minimum Gasteiger partial charge on any atom is -0.309 e. The van der Waals surface area contributed by atoms with Crippen molar-refractivity contribution in [1.29, 1.82) is 0 Å². The van der Waals surface area contributed by atoms with Crippen LogP contribution in [0.4, 0.5) is 0 Å². The molecule has 0 bridgehead atoms. The number of rotatable bonds is 4. The molecule has 1 aromatic rings. The molecule has 0 heterocycles. The minimum atomic E-state index is 0.355. The van der Waals surface area contributed by atoms with E-state index < -0.39 is 0 Å². The third-order valence-corrected chi connectivity index (χ3v) is 3.07. The molecule has 0 amide bonds. The normalized spacial score (nSPS) is 12.8. The predicted octanol–water partition coefficient (Wildman–Crippen LogP) is 3.17. The van der Waals surface area contributed by atoms with Gasteiger partial charge in [0.15, 0.2) is 0 Å². The summed E-state index contributed by atoms with van der Waals surface area (Å²) in [4.78, 5) is 0. The fourth-order valence-electron chi connectivity index (χ4n) is 0.981. The largest absolute Gasteiger partial charge is 0.309 e. The third kappa shape index (κ3) is 3.67. The smallest absolute Gasteiger partial charge is 0.0374 e. The van der Waals surface area contributed by atoms with Crippen molar-refractivity contribution < 1.29 is 0 Å². The summed E-state index contributed by atoms with van der Waals surface area (Å²) in [5.74, 6) is 0.643. The third-order valence-electron chi connectivity index (χ3n) is 1.83. The standard InChI is InChI=1S/C10H13BrClN/c1-8(6-12)13-7-9-4-2-3-5-10(9)11/h2-5,8,13H,6-7H2,1H3. The van der Waals surface area contributed by atoms with Gasteiger partial charge in [0.2, 0.25) is 0 Å². The van der Waals surface area contributed by atoms with E-state index in [-0.39, 0.29) is 0 Å². The fraction of sp³-hybridized carbons (Fsp3) is 0.400. The van der Waals surface area contributed by atoms with E-state index >= 15 is 0 Å². The highest BCUT2D eigenvalue weighted by Gasteiger charge is 2.01. The average molecular weight is 263 g/mol. The molecule has 0 saturated carbocycles.